The molecule has 1 rings (SSSR count). The summed E-state index contributed by atoms with van der Waals surface area (Å²) in [5.74, 6) is 2.33. The van der Waals surface area contributed by atoms with E-state index in [1.807, 2.05) is 0 Å². The molecule has 0 spiro atoms. The number of nitrogens with two attached hydrogens (primary N) is 1. The summed E-state index contributed by atoms with van der Waals surface area (Å²) in [4.78, 5) is 11.0. The zero-order valence-corrected chi connectivity index (χ0v) is 10.3. The molecule has 0 unspecified atom stereocenters. The van der Waals surface area contributed by atoms with Crippen molar-refractivity contribution >= 4 is 12.0 Å². The molecule has 1 aromatic carbocycles. The van der Waals surface area contributed by atoms with E-state index in [0.29, 0.717) is 17.1 Å². The van der Waals surface area contributed by atoms with E-state index in [2.05, 4.69) is 5.92 Å². The van der Waals surface area contributed by atoms with Gasteiger partial charge in [-0.25, -0.2) is 0 Å². The molecule has 0 saturated heterocycles. The number of amides is 1. The van der Waals surface area contributed by atoms with Crippen molar-refractivity contribution in [1.82, 2.24) is 0 Å². The van der Waals surface area contributed by atoms with Gasteiger partial charge in [0.15, 0.2) is 11.5 Å². The van der Waals surface area contributed by atoms with E-state index in [1.54, 1.807) is 24.3 Å². The van der Waals surface area contributed by atoms with E-state index < -0.39 is 5.91 Å². The quantitative estimate of drug-likeness (QED) is 0.485. The maximum absolute atomic E-state index is 11.0. The number of methoxy groups -OCH3 is 1. The Morgan fingerprint density at radius 3 is 2.84 bits per heavy atom. The molecular formula is C14H12N2O3. The fraction of sp³-hybridized carbons (Fsp3) is 0.143. The number of rotatable bonds is 5. The lowest BCUT2D eigenvalue weighted by Gasteiger charge is -2.11. The Kier molecular flexibility index (Phi) is 5.01. The number of carbonyl (C=O) groups excluding carboxylic acids is 1. The molecule has 0 fully saturated rings. The highest BCUT2D eigenvalue weighted by Gasteiger charge is 2.11. The normalized spacial score (nSPS) is 10.2. The van der Waals surface area contributed by atoms with E-state index >= 15 is 0 Å². The minimum Gasteiger partial charge on any atom is -0.493 e. The highest BCUT2D eigenvalue weighted by Crippen LogP contribution is 2.32. The van der Waals surface area contributed by atoms with Crippen molar-refractivity contribution < 1.29 is 14.3 Å². The van der Waals surface area contributed by atoms with Gasteiger partial charge in [0.25, 0.3) is 5.91 Å². The maximum Gasteiger partial charge on any atom is 0.259 e. The van der Waals surface area contributed by atoms with Crippen LogP contribution in [0.5, 0.6) is 11.5 Å². The Morgan fingerprint density at radius 2 is 2.32 bits per heavy atom. The van der Waals surface area contributed by atoms with E-state index in [0.717, 1.165) is 0 Å². The third-order valence-corrected chi connectivity index (χ3v) is 2.21. The van der Waals surface area contributed by atoms with Crippen molar-refractivity contribution in [3.8, 4) is 29.9 Å². The molecule has 19 heavy (non-hydrogen) atoms. The van der Waals surface area contributed by atoms with Crippen LogP contribution in [0.25, 0.3) is 6.08 Å². The predicted octanol–water partition coefficient (Wildman–Crippen LogP) is 1.10. The molecule has 1 aromatic rings. The number of para-hydroxylation sites is 1. The van der Waals surface area contributed by atoms with E-state index in [9.17, 15) is 4.79 Å². The Hall–Kier alpha value is -2.92. The summed E-state index contributed by atoms with van der Waals surface area (Å²) in [7, 11) is 1.48. The Balaban J connectivity index is 3.31. The molecule has 96 valence electrons. The zero-order valence-electron chi connectivity index (χ0n) is 10.3. The lowest BCUT2D eigenvalue weighted by Crippen LogP contribution is -2.12. The average molecular weight is 256 g/mol. The molecule has 1 amide bonds. The van der Waals surface area contributed by atoms with Gasteiger partial charge in [0.05, 0.1) is 7.11 Å². The number of carbonyl (C=O) groups is 1. The van der Waals surface area contributed by atoms with Crippen LogP contribution in [0.1, 0.15) is 5.56 Å². The van der Waals surface area contributed by atoms with Gasteiger partial charge in [-0.1, -0.05) is 18.1 Å². The lowest BCUT2D eigenvalue weighted by molar-refractivity contribution is -0.114. The van der Waals surface area contributed by atoms with Gasteiger partial charge in [-0.3, -0.25) is 4.79 Å². The molecular weight excluding hydrogens is 244 g/mol. The third kappa shape index (κ3) is 3.52. The first-order valence-electron chi connectivity index (χ1n) is 5.29. The van der Waals surface area contributed by atoms with Crippen molar-refractivity contribution in [2.24, 2.45) is 5.73 Å². The number of nitriles is 1. The van der Waals surface area contributed by atoms with Gasteiger partial charge in [0, 0.05) is 5.56 Å². The molecule has 0 heterocycles. The molecule has 0 radical (unpaired) electrons. The lowest BCUT2D eigenvalue weighted by atomic mass is 10.1. The summed E-state index contributed by atoms with van der Waals surface area (Å²) in [6.07, 6.45) is 6.47. The number of nitrogens with zero attached hydrogens (tertiary/aromatic N) is 1. The molecule has 0 saturated carbocycles. The van der Waals surface area contributed by atoms with Gasteiger partial charge in [-0.2, -0.15) is 5.26 Å². The molecule has 0 atom stereocenters. The first kappa shape index (κ1) is 14.1. The fourth-order valence-corrected chi connectivity index (χ4v) is 1.39. The summed E-state index contributed by atoms with van der Waals surface area (Å²) in [5, 5.41) is 8.83. The summed E-state index contributed by atoms with van der Waals surface area (Å²) in [5.41, 5.74) is 5.39. The van der Waals surface area contributed by atoms with Crippen molar-refractivity contribution in [2.45, 2.75) is 0 Å². The van der Waals surface area contributed by atoms with Crippen LogP contribution in [-0.4, -0.2) is 19.6 Å². The number of hydrogen-bond donors (Lipinski definition) is 1. The van der Waals surface area contributed by atoms with Crippen LogP contribution in [0.4, 0.5) is 0 Å². The van der Waals surface area contributed by atoms with Crippen molar-refractivity contribution in [3.05, 3.63) is 29.3 Å². The number of hydrogen-bond acceptors (Lipinski definition) is 4. The van der Waals surface area contributed by atoms with E-state index in [4.69, 9.17) is 26.9 Å². The fourth-order valence-electron chi connectivity index (χ4n) is 1.39. The number of primary amides is 1. The van der Waals surface area contributed by atoms with Gasteiger partial charge in [0.2, 0.25) is 0 Å². The minimum absolute atomic E-state index is 0.0413. The molecule has 0 aliphatic heterocycles. The van der Waals surface area contributed by atoms with Crippen LogP contribution in [0.15, 0.2) is 23.8 Å². The molecule has 0 aliphatic rings. The second-order valence-electron chi connectivity index (χ2n) is 3.41. The van der Waals surface area contributed by atoms with Crippen molar-refractivity contribution in [2.75, 3.05) is 13.7 Å². The number of terminal acetylenes is 1. The summed E-state index contributed by atoms with van der Waals surface area (Å²) in [6.45, 7) is 0.0413. The molecule has 2 N–H and O–H groups in total. The molecule has 0 bridgehead atoms. The van der Waals surface area contributed by atoms with E-state index in [1.165, 1.54) is 13.2 Å². The maximum atomic E-state index is 11.0. The summed E-state index contributed by atoms with van der Waals surface area (Å²) in [6, 6.07) is 6.76. The summed E-state index contributed by atoms with van der Waals surface area (Å²) < 4.78 is 10.5. The minimum atomic E-state index is -0.812. The topological polar surface area (TPSA) is 85.3 Å². The first-order valence-corrected chi connectivity index (χ1v) is 5.29. The Bertz CT molecular complexity index is 592. The smallest absolute Gasteiger partial charge is 0.259 e. The monoisotopic (exact) mass is 256 g/mol. The van der Waals surface area contributed by atoms with Crippen LogP contribution < -0.4 is 15.2 Å². The van der Waals surface area contributed by atoms with Gasteiger partial charge in [-0.15, -0.1) is 6.42 Å². The van der Waals surface area contributed by atoms with Crippen LogP contribution in [-0.2, 0) is 4.79 Å². The van der Waals surface area contributed by atoms with Gasteiger partial charge < -0.3 is 15.2 Å². The van der Waals surface area contributed by atoms with Crippen molar-refractivity contribution in [1.29, 1.82) is 5.26 Å². The number of benzene rings is 1. The highest BCUT2D eigenvalue weighted by molar-refractivity contribution is 6.01. The second kappa shape index (κ2) is 6.73. The molecule has 5 nitrogen and oxygen atoms in total. The van der Waals surface area contributed by atoms with Crippen LogP contribution in [0.2, 0.25) is 0 Å². The Labute approximate surface area is 111 Å². The van der Waals surface area contributed by atoms with Gasteiger partial charge in [-0.05, 0) is 12.1 Å². The van der Waals surface area contributed by atoms with Crippen molar-refractivity contribution in [3.63, 3.8) is 0 Å². The van der Waals surface area contributed by atoms with Gasteiger partial charge >= 0.3 is 0 Å². The van der Waals surface area contributed by atoms with Crippen LogP contribution >= 0.6 is 0 Å². The van der Waals surface area contributed by atoms with Crippen LogP contribution in [0.3, 0.4) is 0 Å². The highest BCUT2D eigenvalue weighted by atomic mass is 16.5. The zero-order chi connectivity index (χ0) is 14.3. The SMILES string of the molecule is C#CCOc1c(/C=C(\C#N)C(N)=O)cccc1OC. The number of ether oxygens (including phenoxy) is 2. The molecule has 0 aromatic heterocycles. The third-order valence-electron chi connectivity index (χ3n) is 2.21. The predicted molar refractivity (Wildman–Crippen MR) is 70.1 cm³/mol. The van der Waals surface area contributed by atoms with E-state index in [-0.39, 0.29) is 12.2 Å². The first-order chi connectivity index (χ1) is 9.13. The van der Waals surface area contributed by atoms with Gasteiger partial charge in [0.1, 0.15) is 18.2 Å². The molecule has 0 aliphatic carbocycles. The van der Waals surface area contributed by atoms with Crippen LogP contribution in [0, 0.1) is 23.7 Å². The standard InChI is InChI=1S/C14H12N2O3/c1-3-7-19-13-10(5-4-6-12(13)18-2)8-11(9-15)14(16)17/h1,4-6,8H,7H2,2H3,(H2,16,17)/b11-8+. The summed E-state index contributed by atoms with van der Waals surface area (Å²) >= 11 is 0. The average Bonchev–Trinajstić information content (AvgIpc) is 2.42. The second-order valence-corrected chi connectivity index (χ2v) is 3.41. The largest absolute Gasteiger partial charge is 0.493 e. The molecule has 5 heteroatoms. The Morgan fingerprint density at radius 1 is 1.58 bits per heavy atom.